The molecule has 1 amide bonds. The van der Waals surface area contributed by atoms with Crippen molar-refractivity contribution in [3.8, 4) is 11.1 Å². The van der Waals surface area contributed by atoms with Gasteiger partial charge >= 0.3 is 0 Å². The summed E-state index contributed by atoms with van der Waals surface area (Å²) in [5, 5.41) is 9.70. The lowest BCUT2D eigenvalue weighted by molar-refractivity contribution is -0.123. The van der Waals surface area contributed by atoms with E-state index in [2.05, 4.69) is 22.1 Å². The molecule has 146 valence electrons. The first-order chi connectivity index (χ1) is 12.8. The molecule has 1 aromatic heterocycles. The van der Waals surface area contributed by atoms with Gasteiger partial charge in [-0.2, -0.15) is 5.10 Å². The Balaban J connectivity index is 0.00000176. The summed E-state index contributed by atoms with van der Waals surface area (Å²) in [6, 6.07) is 7.69. The summed E-state index contributed by atoms with van der Waals surface area (Å²) < 4.78 is 5.13. The zero-order valence-corrected chi connectivity index (χ0v) is 17.2. The van der Waals surface area contributed by atoms with Gasteiger partial charge in [0, 0.05) is 22.9 Å². The summed E-state index contributed by atoms with van der Waals surface area (Å²) in [4.78, 5) is 12.6. The summed E-state index contributed by atoms with van der Waals surface area (Å²) in [5.41, 5.74) is 3.09. The lowest BCUT2D eigenvalue weighted by Gasteiger charge is -2.24. The van der Waals surface area contributed by atoms with Crippen LogP contribution in [-0.4, -0.2) is 23.2 Å². The van der Waals surface area contributed by atoms with Crippen LogP contribution in [0.4, 0.5) is 5.69 Å². The van der Waals surface area contributed by atoms with Crippen LogP contribution in [0, 0.1) is 5.41 Å². The van der Waals surface area contributed by atoms with E-state index in [9.17, 15) is 4.79 Å². The SMILES string of the molecule is C=C(/C=C(\C)OC)CC(C)(C)C(=O)Nc1ccc(-c2cn[nH]c2)cc1.CC. The number of nitrogens with one attached hydrogen (secondary N) is 2. The predicted octanol–water partition coefficient (Wildman–Crippen LogP) is 5.56. The van der Waals surface area contributed by atoms with E-state index < -0.39 is 5.41 Å². The number of aromatic nitrogens is 2. The van der Waals surface area contributed by atoms with Crippen LogP contribution >= 0.6 is 0 Å². The van der Waals surface area contributed by atoms with Crippen LogP contribution in [-0.2, 0) is 9.53 Å². The Kier molecular flexibility index (Phi) is 8.52. The molecule has 0 aliphatic heterocycles. The quantitative estimate of drug-likeness (QED) is 0.496. The number of benzene rings is 1. The summed E-state index contributed by atoms with van der Waals surface area (Å²) in [6.45, 7) is 13.7. The lowest BCUT2D eigenvalue weighted by atomic mass is 9.84. The van der Waals surface area contributed by atoms with E-state index in [-0.39, 0.29) is 5.91 Å². The monoisotopic (exact) mass is 369 g/mol. The summed E-state index contributed by atoms with van der Waals surface area (Å²) in [5.74, 6) is 0.726. The number of nitrogens with zero attached hydrogens (tertiary/aromatic N) is 1. The highest BCUT2D eigenvalue weighted by atomic mass is 16.5. The van der Waals surface area contributed by atoms with Crippen LogP contribution in [0.25, 0.3) is 11.1 Å². The lowest BCUT2D eigenvalue weighted by Crippen LogP contribution is -2.31. The zero-order chi connectivity index (χ0) is 20.4. The summed E-state index contributed by atoms with van der Waals surface area (Å²) in [7, 11) is 1.62. The second-order valence-corrected chi connectivity index (χ2v) is 6.70. The van der Waals surface area contributed by atoms with Gasteiger partial charge in [-0.3, -0.25) is 9.89 Å². The normalized spacial score (nSPS) is 11.3. The summed E-state index contributed by atoms with van der Waals surface area (Å²) >= 11 is 0. The highest BCUT2D eigenvalue weighted by Crippen LogP contribution is 2.28. The number of hydrogen-bond donors (Lipinski definition) is 2. The Morgan fingerprint density at radius 2 is 1.89 bits per heavy atom. The molecule has 0 atom stereocenters. The molecule has 2 aromatic rings. The number of anilines is 1. The molecule has 2 N–H and O–H groups in total. The standard InChI is InChI=1S/C20H25N3O2.C2H6/c1-14(10-15(2)25-5)11-20(3,4)19(24)23-18-8-6-16(7-9-18)17-12-21-22-13-17;1-2/h6-10,12-13H,1,11H2,2-5H3,(H,21,22)(H,23,24);1-2H3/b15-10+;. The molecule has 1 aromatic carbocycles. The van der Waals surface area contributed by atoms with Gasteiger partial charge in [0.2, 0.25) is 5.91 Å². The molecule has 1 heterocycles. The van der Waals surface area contributed by atoms with E-state index in [4.69, 9.17) is 4.74 Å². The third-order valence-corrected chi connectivity index (χ3v) is 3.99. The first kappa shape index (κ1) is 22.2. The van der Waals surface area contributed by atoms with Gasteiger partial charge < -0.3 is 10.1 Å². The molecule has 0 spiro atoms. The number of aromatic amines is 1. The number of amides is 1. The molecule has 0 aliphatic rings. The van der Waals surface area contributed by atoms with Gasteiger partial charge in [0.1, 0.15) is 0 Å². The van der Waals surface area contributed by atoms with Crippen molar-refractivity contribution in [2.24, 2.45) is 5.41 Å². The number of allylic oxidation sites excluding steroid dienone is 3. The van der Waals surface area contributed by atoms with E-state index in [1.165, 1.54) is 0 Å². The fourth-order valence-electron chi connectivity index (χ4n) is 2.50. The van der Waals surface area contributed by atoms with Crippen molar-refractivity contribution < 1.29 is 9.53 Å². The number of H-pyrrole nitrogens is 1. The molecule has 0 unspecified atom stereocenters. The minimum Gasteiger partial charge on any atom is -0.501 e. The van der Waals surface area contributed by atoms with E-state index in [0.29, 0.717) is 6.42 Å². The third-order valence-electron chi connectivity index (χ3n) is 3.99. The third kappa shape index (κ3) is 6.77. The van der Waals surface area contributed by atoms with Gasteiger partial charge in [-0.25, -0.2) is 0 Å². The van der Waals surface area contributed by atoms with Crippen LogP contribution in [0.1, 0.15) is 41.0 Å². The van der Waals surface area contributed by atoms with Crippen LogP contribution in [0.15, 0.2) is 60.6 Å². The second-order valence-electron chi connectivity index (χ2n) is 6.70. The maximum atomic E-state index is 12.6. The van der Waals surface area contributed by atoms with Crippen LogP contribution in [0.2, 0.25) is 0 Å². The highest BCUT2D eigenvalue weighted by molar-refractivity contribution is 5.95. The van der Waals surface area contributed by atoms with Crippen molar-refractivity contribution >= 4 is 11.6 Å². The molecule has 0 fully saturated rings. The Morgan fingerprint density at radius 1 is 1.26 bits per heavy atom. The van der Waals surface area contributed by atoms with E-state index in [1.807, 2.05) is 71.2 Å². The Bertz CT molecular complexity index is 757. The van der Waals surface area contributed by atoms with Gasteiger partial charge in [0.05, 0.1) is 19.1 Å². The molecule has 2 rings (SSSR count). The van der Waals surface area contributed by atoms with Crippen molar-refractivity contribution in [1.82, 2.24) is 10.2 Å². The van der Waals surface area contributed by atoms with Crippen molar-refractivity contribution in [2.45, 2.75) is 41.0 Å². The molecule has 0 radical (unpaired) electrons. The maximum absolute atomic E-state index is 12.6. The molecule has 5 heteroatoms. The molecule has 5 nitrogen and oxygen atoms in total. The van der Waals surface area contributed by atoms with Crippen LogP contribution in [0.5, 0.6) is 0 Å². The average molecular weight is 370 g/mol. The summed E-state index contributed by atoms with van der Waals surface area (Å²) in [6.07, 6.45) is 6.00. The van der Waals surface area contributed by atoms with Gasteiger partial charge in [-0.05, 0) is 37.1 Å². The van der Waals surface area contributed by atoms with E-state index in [0.717, 1.165) is 28.1 Å². The predicted molar refractivity (Wildman–Crippen MR) is 112 cm³/mol. The molecule has 0 saturated carbocycles. The van der Waals surface area contributed by atoms with Gasteiger partial charge in [-0.15, -0.1) is 0 Å². The molecular weight excluding hydrogens is 338 g/mol. The highest BCUT2D eigenvalue weighted by Gasteiger charge is 2.28. The molecule has 27 heavy (non-hydrogen) atoms. The molecule has 0 aliphatic carbocycles. The first-order valence-electron chi connectivity index (χ1n) is 9.12. The topological polar surface area (TPSA) is 67.0 Å². The fraction of sp³-hybridized carbons (Fsp3) is 0.364. The minimum atomic E-state index is -0.579. The number of carbonyl (C=O) groups is 1. The van der Waals surface area contributed by atoms with Crippen molar-refractivity contribution in [3.05, 3.63) is 60.6 Å². The molecule has 0 saturated heterocycles. The van der Waals surface area contributed by atoms with E-state index in [1.54, 1.807) is 13.3 Å². The Hall–Kier alpha value is -2.82. The molecule has 0 bridgehead atoms. The average Bonchev–Trinajstić information content (AvgIpc) is 3.18. The van der Waals surface area contributed by atoms with Gasteiger partial charge in [0.25, 0.3) is 0 Å². The number of hydrogen-bond acceptors (Lipinski definition) is 3. The maximum Gasteiger partial charge on any atom is 0.230 e. The largest absolute Gasteiger partial charge is 0.501 e. The minimum absolute atomic E-state index is 0.0480. The number of rotatable bonds is 7. The Morgan fingerprint density at radius 3 is 2.41 bits per heavy atom. The second kappa shape index (κ2) is 10.4. The number of carbonyl (C=O) groups excluding carboxylic acids is 1. The Labute approximate surface area is 162 Å². The van der Waals surface area contributed by atoms with E-state index >= 15 is 0 Å². The van der Waals surface area contributed by atoms with Gasteiger partial charge in [-0.1, -0.05) is 52.0 Å². The number of methoxy groups -OCH3 is 1. The fourth-order valence-corrected chi connectivity index (χ4v) is 2.50. The van der Waals surface area contributed by atoms with Crippen molar-refractivity contribution in [3.63, 3.8) is 0 Å². The van der Waals surface area contributed by atoms with Crippen LogP contribution in [0.3, 0.4) is 0 Å². The first-order valence-corrected chi connectivity index (χ1v) is 9.12. The van der Waals surface area contributed by atoms with Crippen molar-refractivity contribution in [1.29, 1.82) is 0 Å². The smallest absolute Gasteiger partial charge is 0.230 e. The van der Waals surface area contributed by atoms with Crippen molar-refractivity contribution in [2.75, 3.05) is 12.4 Å². The molecular formula is C22H31N3O2. The van der Waals surface area contributed by atoms with Gasteiger partial charge in [0.15, 0.2) is 0 Å². The van der Waals surface area contributed by atoms with Crippen LogP contribution < -0.4 is 5.32 Å². The number of ether oxygens (including phenoxy) is 1. The zero-order valence-electron chi connectivity index (χ0n) is 17.2.